The fourth-order valence-electron chi connectivity index (χ4n) is 2.86. The van der Waals surface area contributed by atoms with Gasteiger partial charge in [0.15, 0.2) is 0 Å². The highest BCUT2D eigenvalue weighted by Crippen LogP contribution is 2.26. The molecule has 0 aliphatic carbocycles. The Morgan fingerprint density at radius 1 is 1.32 bits per heavy atom. The zero-order valence-corrected chi connectivity index (χ0v) is 16.8. The summed E-state index contributed by atoms with van der Waals surface area (Å²) in [5.41, 5.74) is 3.42. The second-order valence-corrected chi connectivity index (χ2v) is 6.50. The fraction of sp³-hybridized carbons (Fsp3) is 0.318. The van der Waals surface area contributed by atoms with Gasteiger partial charge < -0.3 is 15.2 Å². The van der Waals surface area contributed by atoms with E-state index in [1.807, 2.05) is 39.0 Å². The summed E-state index contributed by atoms with van der Waals surface area (Å²) >= 11 is 0. The van der Waals surface area contributed by atoms with E-state index in [2.05, 4.69) is 21.9 Å². The van der Waals surface area contributed by atoms with Gasteiger partial charge in [0, 0.05) is 30.3 Å². The van der Waals surface area contributed by atoms with E-state index in [1.54, 1.807) is 18.5 Å². The number of nitrogens with zero attached hydrogens (tertiary/aromatic N) is 2. The molecule has 0 saturated carbocycles. The summed E-state index contributed by atoms with van der Waals surface area (Å²) in [5.74, 6) is 0.196. The lowest BCUT2D eigenvalue weighted by Gasteiger charge is -2.12. The molecule has 0 saturated heterocycles. The van der Waals surface area contributed by atoms with Gasteiger partial charge in [0.2, 0.25) is 0 Å². The van der Waals surface area contributed by atoms with Gasteiger partial charge >= 0.3 is 0 Å². The van der Waals surface area contributed by atoms with Crippen molar-refractivity contribution in [1.82, 2.24) is 9.97 Å². The zero-order valence-electron chi connectivity index (χ0n) is 16.8. The second kappa shape index (κ2) is 9.92. The van der Waals surface area contributed by atoms with Crippen LogP contribution < -0.4 is 5.32 Å². The van der Waals surface area contributed by atoms with Gasteiger partial charge in [-0.25, -0.2) is 4.98 Å². The molecular weight excluding hydrogens is 354 g/mol. The predicted octanol–water partition coefficient (Wildman–Crippen LogP) is 3.89. The van der Waals surface area contributed by atoms with E-state index in [4.69, 9.17) is 4.74 Å². The number of rotatable bonds is 8. The summed E-state index contributed by atoms with van der Waals surface area (Å²) in [7, 11) is 1.46. The van der Waals surface area contributed by atoms with Crippen molar-refractivity contribution >= 4 is 28.1 Å². The van der Waals surface area contributed by atoms with Crippen LogP contribution in [0.1, 0.15) is 32.9 Å². The summed E-state index contributed by atoms with van der Waals surface area (Å²) in [6, 6.07) is 3.73. The third-order valence-corrected chi connectivity index (χ3v) is 4.35. The van der Waals surface area contributed by atoms with Crippen LogP contribution in [-0.2, 0) is 9.53 Å². The number of pyridine rings is 2. The average Bonchev–Trinajstić information content (AvgIpc) is 2.68. The maximum Gasteiger partial charge on any atom is 0.251 e. The first-order valence-corrected chi connectivity index (χ1v) is 9.16. The van der Waals surface area contributed by atoms with Gasteiger partial charge in [0.25, 0.3) is 5.91 Å². The minimum Gasteiger partial charge on any atom is -0.388 e. The molecule has 1 unspecified atom stereocenters. The molecule has 2 heterocycles. The molecule has 6 heteroatoms. The largest absolute Gasteiger partial charge is 0.388 e. The summed E-state index contributed by atoms with van der Waals surface area (Å²) in [5, 5.41) is 14.4. The highest BCUT2D eigenvalue weighted by Gasteiger charge is 2.10. The van der Waals surface area contributed by atoms with Crippen molar-refractivity contribution < 1.29 is 14.6 Å². The van der Waals surface area contributed by atoms with Gasteiger partial charge in [-0.1, -0.05) is 25.7 Å². The van der Waals surface area contributed by atoms with Crippen LogP contribution in [-0.4, -0.2) is 40.8 Å². The Morgan fingerprint density at radius 2 is 2.00 bits per heavy atom. The van der Waals surface area contributed by atoms with Crippen LogP contribution >= 0.6 is 0 Å². The molecule has 28 heavy (non-hydrogen) atoms. The molecule has 6 nitrogen and oxygen atoms in total. The Hall–Kier alpha value is -2.83. The average molecular weight is 381 g/mol. The topological polar surface area (TPSA) is 84.3 Å². The fourth-order valence-corrected chi connectivity index (χ4v) is 2.86. The number of carbonyl (C=O) groups excluding carboxylic acids is 1. The quantitative estimate of drug-likeness (QED) is 0.678. The van der Waals surface area contributed by atoms with Crippen LogP contribution in [0.4, 0.5) is 5.82 Å². The first-order valence-electron chi connectivity index (χ1n) is 9.16. The summed E-state index contributed by atoms with van der Waals surface area (Å²) in [6.07, 6.45) is 7.41. The van der Waals surface area contributed by atoms with Crippen molar-refractivity contribution in [2.24, 2.45) is 0 Å². The molecule has 148 valence electrons. The third-order valence-electron chi connectivity index (χ3n) is 4.35. The van der Waals surface area contributed by atoms with E-state index in [0.717, 1.165) is 27.6 Å². The molecule has 0 spiro atoms. The van der Waals surface area contributed by atoms with Crippen molar-refractivity contribution in [3.8, 4) is 0 Å². The molecular formula is C22H27N3O3. The summed E-state index contributed by atoms with van der Waals surface area (Å²) < 4.78 is 4.80. The molecule has 0 radical (unpaired) electrons. The third kappa shape index (κ3) is 5.34. The highest BCUT2D eigenvalue weighted by molar-refractivity contribution is 5.94. The standard InChI is InChI=1S/C22H27N3O3/c1-6-18(14(3)8-15(4)20(26)7-2)19-9-16-12-24-21(10-17(16)11-23-19)25-22(27)13-28-5/h6,8-12,20,26H,4,7,13H2,1-3,5H3,(H,24,25,27)/b14-8-,18-6+. The number of ether oxygens (including phenoxy) is 1. The zero-order chi connectivity index (χ0) is 20.7. The number of carbonyl (C=O) groups is 1. The van der Waals surface area contributed by atoms with Gasteiger partial charge in [-0.15, -0.1) is 0 Å². The molecule has 0 fully saturated rings. The van der Waals surface area contributed by atoms with Crippen LogP contribution in [0.5, 0.6) is 0 Å². The number of allylic oxidation sites excluding steroid dienone is 3. The predicted molar refractivity (Wildman–Crippen MR) is 113 cm³/mol. The van der Waals surface area contributed by atoms with Crippen molar-refractivity contribution in [3.63, 3.8) is 0 Å². The number of fused-ring (bicyclic) bond motifs is 1. The highest BCUT2D eigenvalue weighted by atomic mass is 16.5. The molecule has 1 atom stereocenters. The van der Waals surface area contributed by atoms with Crippen molar-refractivity contribution in [1.29, 1.82) is 0 Å². The maximum atomic E-state index is 11.6. The molecule has 0 aliphatic heterocycles. The molecule has 2 aromatic rings. The molecule has 0 aliphatic rings. The van der Waals surface area contributed by atoms with Crippen LogP contribution in [0.2, 0.25) is 0 Å². The molecule has 2 aromatic heterocycles. The molecule has 2 rings (SSSR count). The Bertz CT molecular complexity index is 932. The van der Waals surface area contributed by atoms with E-state index < -0.39 is 6.10 Å². The second-order valence-electron chi connectivity index (χ2n) is 6.50. The lowest BCUT2D eigenvalue weighted by Crippen LogP contribution is -2.17. The lowest BCUT2D eigenvalue weighted by atomic mass is 9.98. The van der Waals surface area contributed by atoms with Crippen LogP contribution in [0, 0.1) is 0 Å². The van der Waals surface area contributed by atoms with Gasteiger partial charge in [-0.3, -0.25) is 9.78 Å². The minimum atomic E-state index is -0.548. The number of methoxy groups -OCH3 is 1. The number of aromatic nitrogens is 2. The van der Waals surface area contributed by atoms with Gasteiger partial charge in [0.05, 0.1) is 11.8 Å². The Labute approximate surface area is 165 Å². The smallest absolute Gasteiger partial charge is 0.251 e. The van der Waals surface area contributed by atoms with Crippen LogP contribution in [0.3, 0.4) is 0 Å². The van der Waals surface area contributed by atoms with Crippen LogP contribution in [0.15, 0.2) is 54.4 Å². The minimum absolute atomic E-state index is 0.0226. The van der Waals surface area contributed by atoms with Gasteiger partial charge in [-0.05, 0) is 49.1 Å². The molecule has 2 N–H and O–H groups in total. The van der Waals surface area contributed by atoms with E-state index in [0.29, 0.717) is 17.8 Å². The number of anilines is 1. The van der Waals surface area contributed by atoms with Crippen molar-refractivity contribution in [3.05, 3.63) is 60.1 Å². The van der Waals surface area contributed by atoms with E-state index in [-0.39, 0.29) is 12.5 Å². The number of hydrogen-bond acceptors (Lipinski definition) is 5. The SMILES string of the molecule is C=C(/C=C(C)\C(=C/C)c1cc2cnc(NC(=O)COC)cc2cn1)C(O)CC. The number of aliphatic hydroxyl groups is 1. The maximum absolute atomic E-state index is 11.6. The van der Waals surface area contributed by atoms with Crippen LogP contribution in [0.25, 0.3) is 16.3 Å². The summed E-state index contributed by atoms with van der Waals surface area (Å²) in [4.78, 5) is 20.5. The van der Waals surface area contributed by atoms with Crippen molar-refractivity contribution in [2.75, 3.05) is 19.0 Å². The van der Waals surface area contributed by atoms with Gasteiger partial charge in [0.1, 0.15) is 12.4 Å². The van der Waals surface area contributed by atoms with Crippen molar-refractivity contribution in [2.45, 2.75) is 33.3 Å². The number of hydrogen-bond donors (Lipinski definition) is 2. The van der Waals surface area contributed by atoms with E-state index in [1.165, 1.54) is 7.11 Å². The van der Waals surface area contributed by atoms with E-state index in [9.17, 15) is 9.90 Å². The monoisotopic (exact) mass is 381 g/mol. The van der Waals surface area contributed by atoms with E-state index >= 15 is 0 Å². The summed E-state index contributed by atoms with van der Waals surface area (Å²) in [6.45, 7) is 9.76. The molecule has 0 bridgehead atoms. The first kappa shape index (κ1) is 21.5. The number of amides is 1. The first-order chi connectivity index (χ1) is 13.4. The Morgan fingerprint density at radius 3 is 2.64 bits per heavy atom. The Balaban J connectivity index is 2.30. The molecule has 0 aromatic carbocycles. The molecule has 1 amide bonds. The number of aliphatic hydroxyl groups excluding tert-OH is 1. The van der Waals surface area contributed by atoms with Gasteiger partial charge in [-0.2, -0.15) is 0 Å². The number of nitrogens with one attached hydrogen (secondary N) is 1. The normalized spacial score (nSPS) is 13.5. The Kier molecular flexibility index (Phi) is 7.61. The lowest BCUT2D eigenvalue weighted by molar-refractivity contribution is -0.119.